The largest absolute Gasteiger partial charge is 0.347 e. The summed E-state index contributed by atoms with van der Waals surface area (Å²) < 4.78 is 0.710. The van der Waals surface area contributed by atoms with E-state index in [-0.39, 0.29) is 11.9 Å². The zero-order chi connectivity index (χ0) is 10.7. The quantitative estimate of drug-likeness (QED) is 0.711. The minimum atomic E-state index is -0.0835. The Labute approximate surface area is 95.8 Å². The normalized spacial score (nSPS) is 16.6. The van der Waals surface area contributed by atoms with Crippen LogP contribution in [0.4, 0.5) is 0 Å². The van der Waals surface area contributed by atoms with Crippen molar-refractivity contribution in [2.75, 3.05) is 13.1 Å². The van der Waals surface area contributed by atoms with E-state index in [1.54, 1.807) is 18.5 Å². The molecule has 0 radical (unpaired) electrons. The molecular weight excluding hydrogens is 260 g/mol. The highest BCUT2D eigenvalue weighted by molar-refractivity contribution is 9.10. The number of pyridine rings is 1. The fraction of sp³-hybridized carbons (Fsp3) is 0.333. The van der Waals surface area contributed by atoms with E-state index in [2.05, 4.69) is 37.1 Å². The number of amides is 1. The third kappa shape index (κ3) is 2.53. The van der Waals surface area contributed by atoms with E-state index in [1.807, 2.05) is 0 Å². The standard InChI is InChI=1S/C9H11BrN4O/c10-8-5-11-2-1-7(8)9(15)14-6-3-12-13-4-6/h1-2,5-6,12-13H,3-4H2,(H,14,15). The van der Waals surface area contributed by atoms with Crippen LogP contribution in [0.2, 0.25) is 0 Å². The van der Waals surface area contributed by atoms with E-state index in [0.29, 0.717) is 10.0 Å². The summed E-state index contributed by atoms with van der Waals surface area (Å²) in [6.45, 7) is 1.49. The van der Waals surface area contributed by atoms with Gasteiger partial charge in [0.2, 0.25) is 0 Å². The van der Waals surface area contributed by atoms with Gasteiger partial charge in [-0.2, -0.15) is 0 Å². The van der Waals surface area contributed by atoms with Gasteiger partial charge < -0.3 is 5.32 Å². The topological polar surface area (TPSA) is 66.1 Å². The number of carbonyl (C=O) groups excluding carboxylic acids is 1. The number of hydrazine groups is 1. The molecule has 0 bridgehead atoms. The van der Waals surface area contributed by atoms with Gasteiger partial charge in [-0.1, -0.05) is 0 Å². The first-order valence-corrected chi connectivity index (χ1v) is 5.43. The first kappa shape index (κ1) is 10.5. The van der Waals surface area contributed by atoms with Gasteiger partial charge in [-0.3, -0.25) is 20.6 Å². The molecule has 3 N–H and O–H groups in total. The van der Waals surface area contributed by atoms with Gasteiger partial charge >= 0.3 is 0 Å². The average molecular weight is 271 g/mol. The van der Waals surface area contributed by atoms with Crippen LogP contribution in [-0.2, 0) is 0 Å². The summed E-state index contributed by atoms with van der Waals surface area (Å²) in [6, 6.07) is 1.83. The molecule has 15 heavy (non-hydrogen) atoms. The molecule has 1 aliphatic heterocycles. The summed E-state index contributed by atoms with van der Waals surface area (Å²) >= 11 is 3.29. The van der Waals surface area contributed by atoms with E-state index in [9.17, 15) is 4.79 Å². The van der Waals surface area contributed by atoms with Crippen LogP contribution in [0.5, 0.6) is 0 Å². The molecule has 80 valence electrons. The molecule has 0 atom stereocenters. The number of hydrogen-bond donors (Lipinski definition) is 3. The van der Waals surface area contributed by atoms with Crippen LogP contribution in [0.15, 0.2) is 22.9 Å². The molecule has 0 aliphatic carbocycles. The highest BCUT2D eigenvalue weighted by Gasteiger charge is 2.18. The van der Waals surface area contributed by atoms with Gasteiger partial charge in [-0.15, -0.1) is 0 Å². The average Bonchev–Trinajstić information content (AvgIpc) is 2.71. The predicted octanol–water partition coefficient (Wildman–Crippen LogP) is 0.0503. The Morgan fingerprint density at radius 3 is 2.93 bits per heavy atom. The van der Waals surface area contributed by atoms with Crippen molar-refractivity contribution in [3.05, 3.63) is 28.5 Å². The number of nitrogens with zero attached hydrogens (tertiary/aromatic N) is 1. The molecule has 2 rings (SSSR count). The van der Waals surface area contributed by atoms with Crippen molar-refractivity contribution in [1.29, 1.82) is 0 Å². The Morgan fingerprint density at radius 1 is 1.53 bits per heavy atom. The molecule has 0 unspecified atom stereocenters. The van der Waals surface area contributed by atoms with Crippen LogP contribution in [0.25, 0.3) is 0 Å². The molecule has 0 aromatic carbocycles. The second-order valence-corrected chi connectivity index (χ2v) is 4.14. The molecule has 5 nitrogen and oxygen atoms in total. The molecule has 0 spiro atoms. The summed E-state index contributed by atoms with van der Waals surface area (Å²) in [5, 5.41) is 2.91. The van der Waals surface area contributed by atoms with Crippen LogP contribution in [0.1, 0.15) is 10.4 Å². The van der Waals surface area contributed by atoms with E-state index in [4.69, 9.17) is 0 Å². The van der Waals surface area contributed by atoms with Gasteiger partial charge in [0, 0.05) is 30.0 Å². The van der Waals surface area contributed by atoms with Gasteiger partial charge in [0.1, 0.15) is 0 Å². The minimum Gasteiger partial charge on any atom is -0.347 e. The highest BCUT2D eigenvalue weighted by atomic mass is 79.9. The Hall–Kier alpha value is -0.980. The fourth-order valence-corrected chi connectivity index (χ4v) is 1.82. The third-order valence-electron chi connectivity index (χ3n) is 2.17. The summed E-state index contributed by atoms with van der Waals surface area (Å²) in [4.78, 5) is 15.7. The van der Waals surface area contributed by atoms with Crippen LogP contribution >= 0.6 is 15.9 Å². The second kappa shape index (κ2) is 4.69. The van der Waals surface area contributed by atoms with Crippen molar-refractivity contribution < 1.29 is 4.79 Å². The van der Waals surface area contributed by atoms with Crippen molar-refractivity contribution in [3.63, 3.8) is 0 Å². The maximum Gasteiger partial charge on any atom is 0.252 e. The van der Waals surface area contributed by atoms with Crippen molar-refractivity contribution in [1.82, 2.24) is 21.2 Å². The molecule has 1 aromatic rings. The Balaban J connectivity index is 2.04. The summed E-state index contributed by atoms with van der Waals surface area (Å²) in [5.74, 6) is -0.0835. The van der Waals surface area contributed by atoms with Crippen LogP contribution in [0, 0.1) is 0 Å². The third-order valence-corrected chi connectivity index (χ3v) is 2.81. The molecule has 1 aliphatic rings. The molecule has 1 fully saturated rings. The lowest BCUT2D eigenvalue weighted by Gasteiger charge is -2.10. The number of nitrogens with one attached hydrogen (secondary N) is 3. The summed E-state index contributed by atoms with van der Waals surface area (Å²) in [6.07, 6.45) is 3.21. The lowest BCUT2D eigenvalue weighted by atomic mass is 10.2. The van der Waals surface area contributed by atoms with Crippen molar-refractivity contribution in [2.24, 2.45) is 0 Å². The number of rotatable bonds is 2. The predicted molar refractivity (Wildman–Crippen MR) is 59.2 cm³/mol. The molecule has 6 heteroatoms. The Morgan fingerprint density at radius 2 is 2.27 bits per heavy atom. The summed E-state index contributed by atoms with van der Waals surface area (Å²) in [5.41, 5.74) is 6.52. The SMILES string of the molecule is O=C(NC1CNNC1)c1ccncc1Br. The number of aromatic nitrogens is 1. The van der Waals surface area contributed by atoms with Crippen LogP contribution in [-0.4, -0.2) is 30.0 Å². The van der Waals surface area contributed by atoms with Crippen LogP contribution in [0.3, 0.4) is 0 Å². The van der Waals surface area contributed by atoms with Gasteiger partial charge in [0.05, 0.1) is 11.6 Å². The molecule has 2 heterocycles. The first-order chi connectivity index (χ1) is 7.27. The van der Waals surface area contributed by atoms with Crippen molar-refractivity contribution in [2.45, 2.75) is 6.04 Å². The number of hydrogen-bond acceptors (Lipinski definition) is 4. The fourth-order valence-electron chi connectivity index (χ4n) is 1.39. The van der Waals surface area contributed by atoms with E-state index < -0.39 is 0 Å². The minimum absolute atomic E-state index is 0.0835. The van der Waals surface area contributed by atoms with E-state index in [1.165, 1.54) is 0 Å². The Kier molecular flexibility index (Phi) is 3.30. The van der Waals surface area contributed by atoms with Gasteiger partial charge in [0.15, 0.2) is 0 Å². The number of carbonyl (C=O) groups is 1. The lowest BCUT2D eigenvalue weighted by Crippen LogP contribution is -2.38. The zero-order valence-corrected chi connectivity index (χ0v) is 9.54. The highest BCUT2D eigenvalue weighted by Crippen LogP contribution is 2.14. The Bertz CT molecular complexity index is 365. The zero-order valence-electron chi connectivity index (χ0n) is 7.96. The lowest BCUT2D eigenvalue weighted by molar-refractivity contribution is 0.0941. The molecule has 1 saturated heterocycles. The van der Waals surface area contributed by atoms with Crippen LogP contribution < -0.4 is 16.2 Å². The van der Waals surface area contributed by atoms with Crippen molar-refractivity contribution >= 4 is 21.8 Å². The molecule has 1 amide bonds. The van der Waals surface area contributed by atoms with Gasteiger partial charge in [-0.05, 0) is 22.0 Å². The van der Waals surface area contributed by atoms with E-state index in [0.717, 1.165) is 13.1 Å². The first-order valence-electron chi connectivity index (χ1n) is 4.63. The molecule has 0 saturated carbocycles. The monoisotopic (exact) mass is 270 g/mol. The van der Waals surface area contributed by atoms with E-state index >= 15 is 0 Å². The number of halogens is 1. The molecular formula is C9H11BrN4O. The van der Waals surface area contributed by atoms with Gasteiger partial charge in [-0.25, -0.2) is 0 Å². The molecule has 1 aromatic heterocycles. The smallest absolute Gasteiger partial charge is 0.252 e. The van der Waals surface area contributed by atoms with Gasteiger partial charge in [0.25, 0.3) is 5.91 Å². The maximum absolute atomic E-state index is 11.8. The second-order valence-electron chi connectivity index (χ2n) is 3.29. The maximum atomic E-state index is 11.8. The van der Waals surface area contributed by atoms with Crippen molar-refractivity contribution in [3.8, 4) is 0 Å². The summed E-state index contributed by atoms with van der Waals surface area (Å²) in [7, 11) is 0.